The van der Waals surface area contributed by atoms with E-state index < -0.39 is 0 Å². The molecule has 2 heterocycles. The van der Waals surface area contributed by atoms with Gasteiger partial charge in [0.15, 0.2) is 0 Å². The van der Waals surface area contributed by atoms with E-state index in [1.807, 2.05) is 19.0 Å². The lowest BCUT2D eigenvalue weighted by Gasteiger charge is -2.33. The van der Waals surface area contributed by atoms with Crippen molar-refractivity contribution in [3.63, 3.8) is 0 Å². The highest BCUT2D eigenvalue weighted by Crippen LogP contribution is 2.16. The number of aromatic amines is 1. The first kappa shape index (κ1) is 13.2. The average Bonchev–Trinajstić information content (AvgIpc) is 2.47. The normalized spacial score (nSPS) is 16.6. The van der Waals surface area contributed by atoms with Crippen LogP contribution in [0.3, 0.4) is 0 Å². The largest absolute Gasteiger partial charge is 0.356 e. The van der Waals surface area contributed by atoms with Crippen molar-refractivity contribution < 1.29 is 0 Å². The van der Waals surface area contributed by atoms with Gasteiger partial charge >= 0.3 is 0 Å². The first-order valence-corrected chi connectivity index (χ1v) is 7.08. The molecule has 2 aromatic rings. The van der Waals surface area contributed by atoms with E-state index in [2.05, 4.69) is 41.2 Å². The van der Waals surface area contributed by atoms with Crippen molar-refractivity contribution in [2.75, 3.05) is 38.1 Å². The van der Waals surface area contributed by atoms with E-state index in [0.29, 0.717) is 0 Å². The number of benzene rings is 1. The molecule has 103 valence electrons. The summed E-state index contributed by atoms with van der Waals surface area (Å²) < 4.78 is 0. The lowest BCUT2D eigenvalue weighted by molar-refractivity contribution is 0.312. The zero-order valence-corrected chi connectivity index (χ0v) is 12.0. The van der Waals surface area contributed by atoms with Gasteiger partial charge in [0, 0.05) is 31.6 Å². The standard InChI is InChI=1S/C15H19BN3O/c1-16-13-5-3-4-11-12(13)10-14(17-15(11)20)19-8-6-18(2)7-9-19/h3-5,10H,6-9H2,1-2H3,(H,17,20). The van der Waals surface area contributed by atoms with Gasteiger partial charge in [0.1, 0.15) is 13.1 Å². The number of aromatic nitrogens is 1. The van der Waals surface area contributed by atoms with E-state index >= 15 is 0 Å². The molecule has 5 heteroatoms. The smallest absolute Gasteiger partial charge is 0.257 e. The monoisotopic (exact) mass is 268 g/mol. The van der Waals surface area contributed by atoms with Crippen molar-refractivity contribution in [2.24, 2.45) is 0 Å². The van der Waals surface area contributed by atoms with Crippen molar-refractivity contribution in [3.8, 4) is 0 Å². The van der Waals surface area contributed by atoms with E-state index in [1.54, 1.807) is 0 Å². The van der Waals surface area contributed by atoms with Gasteiger partial charge in [-0.25, -0.2) is 0 Å². The van der Waals surface area contributed by atoms with E-state index in [0.717, 1.165) is 48.2 Å². The van der Waals surface area contributed by atoms with Gasteiger partial charge in [-0.2, -0.15) is 0 Å². The summed E-state index contributed by atoms with van der Waals surface area (Å²) in [5.74, 6) is 0.935. The Morgan fingerprint density at radius 1 is 1.15 bits per heavy atom. The molecular weight excluding hydrogens is 249 g/mol. The lowest BCUT2D eigenvalue weighted by atomic mass is 9.71. The summed E-state index contributed by atoms with van der Waals surface area (Å²) in [4.78, 5) is 19.9. The van der Waals surface area contributed by atoms with Crippen LogP contribution in [0.2, 0.25) is 6.82 Å². The molecule has 1 radical (unpaired) electrons. The number of H-pyrrole nitrogens is 1. The molecule has 1 aliphatic rings. The Kier molecular flexibility index (Phi) is 3.53. The summed E-state index contributed by atoms with van der Waals surface area (Å²) in [7, 11) is 4.18. The number of hydrogen-bond acceptors (Lipinski definition) is 3. The van der Waals surface area contributed by atoms with Gasteiger partial charge in [-0.3, -0.25) is 4.79 Å². The SMILES string of the molecule is C[B]c1cccc2c(=O)[nH]c(N3CCN(C)CC3)cc12. The van der Waals surface area contributed by atoms with Crippen LogP contribution in [0.4, 0.5) is 5.82 Å². The number of anilines is 1. The first-order valence-electron chi connectivity index (χ1n) is 7.08. The zero-order chi connectivity index (χ0) is 14.1. The highest BCUT2D eigenvalue weighted by molar-refractivity contribution is 6.55. The topological polar surface area (TPSA) is 39.3 Å². The number of nitrogens with one attached hydrogen (secondary N) is 1. The van der Waals surface area contributed by atoms with Crippen molar-refractivity contribution in [1.29, 1.82) is 0 Å². The maximum absolute atomic E-state index is 12.3. The van der Waals surface area contributed by atoms with Crippen LogP contribution >= 0.6 is 0 Å². The zero-order valence-electron chi connectivity index (χ0n) is 12.0. The number of pyridine rings is 1. The molecule has 0 atom stereocenters. The average molecular weight is 268 g/mol. The number of hydrogen-bond donors (Lipinski definition) is 1. The maximum atomic E-state index is 12.3. The van der Waals surface area contributed by atoms with E-state index in [4.69, 9.17) is 0 Å². The summed E-state index contributed by atoms with van der Waals surface area (Å²) in [5, 5.41) is 1.80. The van der Waals surface area contributed by atoms with Gasteiger partial charge in [-0.1, -0.05) is 24.4 Å². The predicted molar refractivity (Wildman–Crippen MR) is 85.5 cm³/mol. The summed E-state index contributed by atoms with van der Waals surface area (Å²) in [5.41, 5.74) is 1.11. The van der Waals surface area contributed by atoms with Gasteiger partial charge in [0.2, 0.25) is 0 Å². The summed E-state index contributed by atoms with van der Waals surface area (Å²) in [6.45, 7) is 5.97. The second-order valence-corrected chi connectivity index (χ2v) is 5.37. The number of likely N-dealkylation sites (N-methyl/N-ethyl adjacent to an activating group) is 1. The molecule has 0 unspecified atom stereocenters. The summed E-state index contributed by atoms with van der Waals surface area (Å²) >= 11 is 0. The third kappa shape index (κ3) is 2.33. The third-order valence-corrected chi connectivity index (χ3v) is 4.06. The second kappa shape index (κ2) is 5.33. The van der Waals surface area contributed by atoms with E-state index in [9.17, 15) is 4.79 Å². The molecular formula is C15H19BN3O. The Labute approximate surface area is 119 Å². The molecule has 1 aromatic heterocycles. The molecule has 4 nitrogen and oxygen atoms in total. The van der Waals surface area contributed by atoms with Crippen LogP contribution in [0, 0.1) is 0 Å². The molecule has 0 bridgehead atoms. The van der Waals surface area contributed by atoms with Crippen molar-refractivity contribution in [3.05, 3.63) is 34.6 Å². The molecule has 1 saturated heterocycles. The van der Waals surface area contributed by atoms with Gasteiger partial charge in [-0.05, 0) is 24.6 Å². The fourth-order valence-corrected chi connectivity index (χ4v) is 2.77. The highest BCUT2D eigenvalue weighted by Gasteiger charge is 2.16. The number of rotatable bonds is 2. The summed E-state index contributed by atoms with van der Waals surface area (Å²) in [6.07, 6.45) is 0. The Morgan fingerprint density at radius 2 is 1.90 bits per heavy atom. The van der Waals surface area contributed by atoms with Crippen molar-refractivity contribution in [2.45, 2.75) is 6.82 Å². The Balaban J connectivity index is 2.07. The second-order valence-electron chi connectivity index (χ2n) is 5.37. The highest BCUT2D eigenvalue weighted by atomic mass is 16.1. The number of fused-ring (bicyclic) bond motifs is 1. The first-order chi connectivity index (χ1) is 9.69. The van der Waals surface area contributed by atoms with Crippen LogP contribution in [0.1, 0.15) is 0 Å². The minimum Gasteiger partial charge on any atom is -0.356 e. The fourth-order valence-electron chi connectivity index (χ4n) is 2.77. The molecule has 1 aliphatic heterocycles. The molecule has 1 N–H and O–H groups in total. The molecule has 1 fully saturated rings. The Hall–Kier alpha value is -1.75. The summed E-state index contributed by atoms with van der Waals surface area (Å²) in [6, 6.07) is 7.98. The molecule has 0 saturated carbocycles. The predicted octanol–water partition coefficient (Wildman–Crippen LogP) is 0.658. The minimum absolute atomic E-state index is 0.000119. The van der Waals surface area contributed by atoms with E-state index in [1.165, 1.54) is 0 Å². The lowest BCUT2D eigenvalue weighted by Crippen LogP contribution is -2.45. The Bertz CT molecular complexity index is 674. The quantitative estimate of drug-likeness (QED) is 0.813. The third-order valence-electron chi connectivity index (χ3n) is 4.06. The Morgan fingerprint density at radius 3 is 2.60 bits per heavy atom. The van der Waals surface area contributed by atoms with Crippen LogP contribution in [-0.4, -0.2) is 50.4 Å². The van der Waals surface area contributed by atoms with Gasteiger partial charge < -0.3 is 14.8 Å². The molecule has 20 heavy (non-hydrogen) atoms. The fraction of sp³-hybridized carbons (Fsp3) is 0.400. The molecule has 0 aliphatic carbocycles. The molecule has 0 spiro atoms. The number of nitrogens with zero attached hydrogens (tertiary/aromatic N) is 2. The van der Waals surface area contributed by atoms with Crippen LogP contribution in [0.5, 0.6) is 0 Å². The van der Waals surface area contributed by atoms with Gasteiger partial charge in [-0.15, -0.1) is 0 Å². The van der Waals surface area contributed by atoms with E-state index in [-0.39, 0.29) is 5.56 Å². The van der Waals surface area contributed by atoms with Gasteiger partial charge in [0.25, 0.3) is 5.56 Å². The van der Waals surface area contributed by atoms with Crippen LogP contribution in [0.25, 0.3) is 10.8 Å². The molecule has 1 aromatic carbocycles. The minimum atomic E-state index is 0.000119. The van der Waals surface area contributed by atoms with Crippen molar-refractivity contribution >= 4 is 29.3 Å². The number of piperazine rings is 1. The van der Waals surface area contributed by atoms with Gasteiger partial charge in [0.05, 0.1) is 0 Å². The van der Waals surface area contributed by atoms with Crippen LogP contribution in [0.15, 0.2) is 29.1 Å². The van der Waals surface area contributed by atoms with Crippen LogP contribution in [-0.2, 0) is 0 Å². The molecule has 3 rings (SSSR count). The maximum Gasteiger partial charge on any atom is 0.257 e. The van der Waals surface area contributed by atoms with Crippen molar-refractivity contribution in [1.82, 2.24) is 9.88 Å². The van der Waals surface area contributed by atoms with Crippen LogP contribution < -0.4 is 15.9 Å². The molecule has 0 amide bonds.